The summed E-state index contributed by atoms with van der Waals surface area (Å²) in [5, 5.41) is 50.1. The number of carboxylic acid groups (broad SMARTS) is 6. The Morgan fingerprint density at radius 2 is 0.318 bits per heavy atom. The summed E-state index contributed by atoms with van der Waals surface area (Å²) in [6, 6.07) is 0. The Morgan fingerprint density at radius 3 is 0.409 bits per heavy atom. The van der Waals surface area contributed by atoms with Crippen molar-refractivity contribution in [2.45, 2.75) is 154 Å². The van der Waals surface area contributed by atoms with Gasteiger partial charge >= 0.3 is 35.8 Å². The van der Waals surface area contributed by atoms with Gasteiger partial charge in [-0.15, -0.1) is 0 Å². The van der Waals surface area contributed by atoms with E-state index in [0.717, 1.165) is 116 Å². The summed E-state index contributed by atoms with van der Waals surface area (Å²) in [6.45, 7) is 0. The van der Waals surface area contributed by atoms with Crippen LogP contribution in [0.2, 0.25) is 0 Å². The van der Waals surface area contributed by atoms with Gasteiger partial charge in [0.15, 0.2) is 0 Å². The molecule has 0 aromatic carbocycles. The van der Waals surface area contributed by atoms with Gasteiger partial charge in [-0.3, -0.25) is 28.8 Å². The molecule has 0 atom stereocenters. The van der Waals surface area contributed by atoms with Crippen molar-refractivity contribution in [1.29, 1.82) is 0 Å². The molecule has 0 heterocycles. The topological polar surface area (TPSA) is 224 Å². The summed E-state index contributed by atoms with van der Waals surface area (Å²) in [5.74, 6) is -4.44. The number of hydrogen-bond acceptors (Lipinski definition) is 6. The minimum Gasteiger partial charge on any atom is -0.481 e. The SMILES string of the molecule is O=C(O)CCCCCCCCC(=O)O.O=C(O)CCCCCCCCC(=O)O.O=C(O)CCCCCCCCC(=O)O.[Ce].[Ce]. The van der Waals surface area contributed by atoms with Crippen molar-refractivity contribution in [2.75, 3.05) is 0 Å². The van der Waals surface area contributed by atoms with Gasteiger partial charge in [0.2, 0.25) is 0 Å². The van der Waals surface area contributed by atoms with Crippen molar-refractivity contribution in [2.24, 2.45) is 0 Å². The van der Waals surface area contributed by atoms with Crippen LogP contribution in [0, 0.1) is 83.5 Å². The van der Waals surface area contributed by atoms with Crippen molar-refractivity contribution >= 4 is 35.8 Å². The fourth-order valence-electron chi connectivity index (χ4n) is 3.78. The minimum atomic E-state index is -0.740. The van der Waals surface area contributed by atoms with Gasteiger partial charge in [0.05, 0.1) is 0 Å². The molecule has 12 nitrogen and oxygen atoms in total. The number of carboxylic acids is 6. The van der Waals surface area contributed by atoms with E-state index in [1.807, 2.05) is 0 Å². The van der Waals surface area contributed by atoms with Crippen molar-refractivity contribution in [1.82, 2.24) is 0 Å². The first-order valence-electron chi connectivity index (χ1n) is 15.2. The van der Waals surface area contributed by atoms with Crippen LogP contribution < -0.4 is 0 Å². The van der Waals surface area contributed by atoms with Gasteiger partial charge < -0.3 is 30.6 Å². The summed E-state index contributed by atoms with van der Waals surface area (Å²) >= 11 is 0. The second-order valence-electron chi connectivity index (χ2n) is 10.2. The van der Waals surface area contributed by atoms with Gasteiger partial charge in [-0.1, -0.05) is 77.0 Å². The predicted octanol–water partition coefficient (Wildman–Crippen LogP) is 6.83. The van der Waals surface area contributed by atoms with Crippen LogP contribution in [0.5, 0.6) is 0 Å². The molecule has 0 radical (unpaired) electrons. The Kier molecular flexibility index (Phi) is 51.4. The molecule has 0 saturated carbocycles. The molecule has 0 amide bonds. The van der Waals surface area contributed by atoms with Crippen molar-refractivity contribution < 1.29 is 143 Å². The third kappa shape index (κ3) is 64.5. The summed E-state index contributed by atoms with van der Waals surface area (Å²) in [5.41, 5.74) is 0. The summed E-state index contributed by atoms with van der Waals surface area (Å²) in [6.07, 6.45) is 17.5. The van der Waals surface area contributed by atoms with Crippen LogP contribution in [0.3, 0.4) is 0 Å². The minimum absolute atomic E-state index is 0. The fourth-order valence-corrected chi connectivity index (χ4v) is 3.78. The fraction of sp³-hybridized carbons (Fsp3) is 0.800. The van der Waals surface area contributed by atoms with Gasteiger partial charge in [0.25, 0.3) is 0 Å². The first kappa shape index (κ1) is 53.1. The molecule has 0 unspecified atom stereocenters. The first-order valence-corrected chi connectivity index (χ1v) is 15.2. The zero-order valence-corrected chi connectivity index (χ0v) is 32.4. The molecule has 0 spiro atoms. The Hall–Kier alpha value is -0.427. The maximum Gasteiger partial charge on any atom is 0.303 e. The number of unbranched alkanes of at least 4 members (excludes halogenated alkanes) is 15. The zero-order valence-electron chi connectivity index (χ0n) is 26.1. The van der Waals surface area contributed by atoms with Crippen molar-refractivity contribution in [3.8, 4) is 0 Å². The maximum atomic E-state index is 10.1. The summed E-state index contributed by atoms with van der Waals surface area (Å²) < 4.78 is 0. The van der Waals surface area contributed by atoms with Crippen molar-refractivity contribution in [3.63, 3.8) is 0 Å². The van der Waals surface area contributed by atoms with Crippen LogP contribution in [0.1, 0.15) is 154 Å². The molecule has 0 aliphatic rings. The Morgan fingerprint density at radius 1 is 0.227 bits per heavy atom. The standard InChI is InChI=1S/3C10H18O4.2Ce/c3*11-9(12)7-5-3-1-2-4-6-8-10(13)14;;/h3*1-8H2,(H,11,12)(H,13,14);;. The Labute approximate surface area is 329 Å². The summed E-state index contributed by atoms with van der Waals surface area (Å²) in [7, 11) is 0. The third-order valence-corrected chi connectivity index (χ3v) is 6.09. The second-order valence-corrected chi connectivity index (χ2v) is 10.2. The Bertz CT molecular complexity index is 578. The van der Waals surface area contributed by atoms with Crippen LogP contribution in [0.25, 0.3) is 0 Å². The largest absolute Gasteiger partial charge is 0.481 e. The van der Waals surface area contributed by atoms with Crippen LogP contribution in [0.15, 0.2) is 0 Å². The third-order valence-electron chi connectivity index (χ3n) is 6.09. The first-order chi connectivity index (χ1) is 19.9. The van der Waals surface area contributed by atoms with E-state index >= 15 is 0 Å². The quantitative estimate of drug-likeness (QED) is 0.0467. The summed E-state index contributed by atoms with van der Waals surface area (Å²) in [4.78, 5) is 60.9. The predicted molar refractivity (Wildman–Crippen MR) is 157 cm³/mol. The molecule has 0 aliphatic heterocycles. The number of rotatable bonds is 27. The van der Waals surface area contributed by atoms with Crippen LogP contribution in [-0.2, 0) is 28.8 Å². The van der Waals surface area contributed by atoms with Crippen LogP contribution in [0.4, 0.5) is 0 Å². The van der Waals surface area contributed by atoms with E-state index in [-0.39, 0.29) is 122 Å². The molecule has 0 rings (SSSR count). The molecular weight excluding hydrogens is 833 g/mol. The van der Waals surface area contributed by atoms with E-state index in [4.69, 9.17) is 30.6 Å². The monoisotopic (exact) mass is 886 g/mol. The zero-order chi connectivity index (χ0) is 32.4. The maximum absolute atomic E-state index is 10.1. The molecule has 0 saturated heterocycles. The van der Waals surface area contributed by atoms with E-state index in [0.29, 0.717) is 0 Å². The average Bonchev–Trinajstić information content (AvgIpc) is 2.88. The number of hydrogen-bond donors (Lipinski definition) is 6. The van der Waals surface area contributed by atoms with Crippen LogP contribution >= 0.6 is 0 Å². The van der Waals surface area contributed by atoms with Gasteiger partial charge in [0.1, 0.15) is 0 Å². The molecule has 14 heteroatoms. The Balaban J connectivity index is -0.000000169. The normalized spacial score (nSPS) is 9.55. The molecule has 44 heavy (non-hydrogen) atoms. The van der Waals surface area contributed by atoms with E-state index in [1.165, 1.54) is 0 Å². The van der Waals surface area contributed by atoms with Crippen LogP contribution in [-0.4, -0.2) is 66.5 Å². The molecule has 0 aromatic rings. The van der Waals surface area contributed by atoms with E-state index in [9.17, 15) is 28.8 Å². The van der Waals surface area contributed by atoms with Gasteiger partial charge in [-0.2, -0.15) is 0 Å². The second kappa shape index (κ2) is 42.6. The average molecular weight is 887 g/mol. The van der Waals surface area contributed by atoms with E-state index in [1.54, 1.807) is 0 Å². The van der Waals surface area contributed by atoms with Gasteiger partial charge in [0, 0.05) is 122 Å². The smallest absolute Gasteiger partial charge is 0.303 e. The molecule has 0 fully saturated rings. The molecule has 6 N–H and O–H groups in total. The molecular formula is C30H54Ce2O12. The molecule has 0 aliphatic carbocycles. The molecule has 0 aromatic heterocycles. The van der Waals surface area contributed by atoms with Crippen molar-refractivity contribution in [3.05, 3.63) is 0 Å². The molecule has 254 valence electrons. The number of aliphatic carboxylic acids is 6. The molecule has 0 bridgehead atoms. The van der Waals surface area contributed by atoms with E-state index in [2.05, 4.69) is 0 Å². The van der Waals surface area contributed by atoms with Gasteiger partial charge in [-0.05, 0) is 38.5 Å². The van der Waals surface area contributed by atoms with Gasteiger partial charge in [-0.25, -0.2) is 0 Å². The number of carbonyl (C=O) groups is 6. The van der Waals surface area contributed by atoms with E-state index < -0.39 is 35.8 Å².